The Balaban J connectivity index is 2.04. The molecular formula is C19H21N3O2S2. The number of anilines is 1. The minimum atomic E-state index is -0.618. The first-order chi connectivity index (χ1) is 12.1. The molecule has 0 bridgehead atoms. The number of aryl methyl sites for hydroxylation is 1. The van der Waals surface area contributed by atoms with Crippen LogP contribution in [0.3, 0.4) is 0 Å². The lowest BCUT2D eigenvalue weighted by molar-refractivity contribution is -0.149. The van der Waals surface area contributed by atoms with Crippen LogP contribution in [-0.2, 0) is 16.6 Å². The minimum absolute atomic E-state index is 0.00267. The maximum absolute atomic E-state index is 12.2. The van der Waals surface area contributed by atoms with E-state index in [0.29, 0.717) is 0 Å². The molecule has 0 aromatic carbocycles. The number of nitrogens with zero attached hydrogens (tertiary/aromatic N) is 3. The van der Waals surface area contributed by atoms with Crippen LogP contribution in [0.1, 0.15) is 25.6 Å². The van der Waals surface area contributed by atoms with Crippen LogP contribution in [-0.4, -0.2) is 30.2 Å². The highest BCUT2D eigenvalue weighted by Crippen LogP contribution is 2.42. The molecular weight excluding hydrogens is 366 g/mol. The normalized spacial score (nSPS) is 12.6. The highest BCUT2D eigenvalue weighted by Gasteiger charge is 2.21. The zero-order valence-corrected chi connectivity index (χ0v) is 17.3. The van der Waals surface area contributed by atoms with E-state index in [2.05, 4.69) is 20.4 Å². The van der Waals surface area contributed by atoms with Crippen molar-refractivity contribution in [3.8, 4) is 0 Å². The molecule has 0 fully saturated rings. The SMILES string of the molecule is [C-]#[N+]/C(=C\c1cc2c(s1)c1sc(N(C)C)cc1n2C)C(=O)OC(C)(C)C. The fourth-order valence-electron chi connectivity index (χ4n) is 2.62. The van der Waals surface area contributed by atoms with Gasteiger partial charge in [0.1, 0.15) is 5.60 Å². The van der Waals surface area contributed by atoms with E-state index < -0.39 is 11.6 Å². The Morgan fingerprint density at radius 1 is 1.23 bits per heavy atom. The fourth-order valence-corrected chi connectivity index (χ4v) is 5.00. The molecule has 136 valence electrons. The molecule has 0 aliphatic heterocycles. The largest absolute Gasteiger partial charge is 0.465 e. The lowest BCUT2D eigenvalue weighted by atomic mass is 10.2. The van der Waals surface area contributed by atoms with Gasteiger partial charge in [0.2, 0.25) is 0 Å². The van der Waals surface area contributed by atoms with Crippen LogP contribution < -0.4 is 4.90 Å². The summed E-state index contributed by atoms with van der Waals surface area (Å²) in [6.45, 7) is 12.7. The summed E-state index contributed by atoms with van der Waals surface area (Å²) in [5.41, 5.74) is 1.70. The van der Waals surface area contributed by atoms with E-state index in [9.17, 15) is 4.79 Å². The Labute approximate surface area is 160 Å². The van der Waals surface area contributed by atoms with Gasteiger partial charge in [0, 0.05) is 26.0 Å². The predicted octanol–water partition coefficient (Wildman–Crippen LogP) is 5.12. The van der Waals surface area contributed by atoms with Crippen LogP contribution in [0, 0.1) is 6.57 Å². The fraction of sp³-hybridized carbons (Fsp3) is 0.368. The number of esters is 1. The Kier molecular flexibility index (Phi) is 4.59. The van der Waals surface area contributed by atoms with Gasteiger partial charge in [0.25, 0.3) is 5.70 Å². The zero-order chi connectivity index (χ0) is 19.2. The molecule has 0 aliphatic rings. The third-order valence-electron chi connectivity index (χ3n) is 3.81. The van der Waals surface area contributed by atoms with Gasteiger partial charge in [-0.15, -0.1) is 22.7 Å². The van der Waals surface area contributed by atoms with Gasteiger partial charge in [-0.25, -0.2) is 4.85 Å². The van der Waals surface area contributed by atoms with Crippen LogP contribution >= 0.6 is 22.7 Å². The number of fused-ring (bicyclic) bond motifs is 3. The first-order valence-corrected chi connectivity index (χ1v) is 9.75. The standard InChI is InChI=1S/C19H21N3O2S2/c1-19(2,3)24-18(23)12(20-4)8-11-9-13-16(25-11)17-14(22(13)7)10-15(26-17)21(5)6/h8-10H,1-3,5-7H3/b12-8-. The Morgan fingerprint density at radius 3 is 2.42 bits per heavy atom. The molecule has 0 aliphatic carbocycles. The summed E-state index contributed by atoms with van der Waals surface area (Å²) in [6.07, 6.45) is 1.62. The molecule has 26 heavy (non-hydrogen) atoms. The van der Waals surface area contributed by atoms with Crippen molar-refractivity contribution in [1.82, 2.24) is 4.57 Å². The van der Waals surface area contributed by atoms with Crippen molar-refractivity contribution < 1.29 is 9.53 Å². The van der Waals surface area contributed by atoms with Gasteiger partial charge >= 0.3 is 5.97 Å². The molecule has 5 nitrogen and oxygen atoms in total. The Hall–Kier alpha value is -2.30. The Bertz CT molecular complexity index is 1070. The van der Waals surface area contributed by atoms with Crippen LogP contribution in [0.4, 0.5) is 5.00 Å². The lowest BCUT2D eigenvalue weighted by Gasteiger charge is -2.19. The average molecular weight is 388 g/mol. The van der Waals surface area contributed by atoms with Crippen LogP contribution in [0.15, 0.2) is 17.8 Å². The lowest BCUT2D eigenvalue weighted by Crippen LogP contribution is -2.24. The van der Waals surface area contributed by atoms with Crippen molar-refractivity contribution in [2.45, 2.75) is 26.4 Å². The second-order valence-electron chi connectivity index (χ2n) is 7.26. The molecule has 0 radical (unpaired) electrons. The molecule has 3 aromatic rings. The summed E-state index contributed by atoms with van der Waals surface area (Å²) in [4.78, 5) is 18.5. The highest BCUT2D eigenvalue weighted by molar-refractivity contribution is 7.29. The summed E-state index contributed by atoms with van der Waals surface area (Å²) >= 11 is 3.35. The Morgan fingerprint density at radius 2 is 1.85 bits per heavy atom. The number of carbonyl (C=O) groups excluding carboxylic acids is 1. The number of ether oxygens (including phenoxy) is 1. The molecule has 0 N–H and O–H groups in total. The monoisotopic (exact) mass is 387 g/mol. The van der Waals surface area contributed by atoms with Crippen molar-refractivity contribution >= 4 is 60.2 Å². The van der Waals surface area contributed by atoms with E-state index in [1.54, 1.807) is 49.5 Å². The summed E-state index contributed by atoms with van der Waals surface area (Å²) in [6, 6.07) is 4.21. The first-order valence-electron chi connectivity index (χ1n) is 8.12. The number of hydrogen-bond donors (Lipinski definition) is 0. The second kappa shape index (κ2) is 6.45. The maximum atomic E-state index is 12.2. The molecule has 0 amide bonds. The van der Waals surface area contributed by atoms with Gasteiger partial charge in [-0.1, -0.05) is 0 Å². The first kappa shape index (κ1) is 18.5. The third kappa shape index (κ3) is 3.35. The van der Waals surface area contributed by atoms with Crippen LogP contribution in [0.2, 0.25) is 0 Å². The summed E-state index contributed by atoms with van der Waals surface area (Å²) in [7, 11) is 6.11. The summed E-state index contributed by atoms with van der Waals surface area (Å²) in [5.74, 6) is -0.582. The van der Waals surface area contributed by atoms with E-state index in [-0.39, 0.29) is 5.70 Å². The van der Waals surface area contributed by atoms with Gasteiger partial charge in [0.05, 0.1) is 32.0 Å². The molecule has 3 rings (SSSR count). The van der Waals surface area contributed by atoms with E-state index in [0.717, 1.165) is 10.4 Å². The van der Waals surface area contributed by atoms with E-state index in [1.807, 2.05) is 27.2 Å². The smallest absolute Gasteiger partial charge is 0.336 e. The van der Waals surface area contributed by atoms with Gasteiger partial charge in [-0.2, -0.15) is 0 Å². The number of carbonyl (C=O) groups is 1. The third-order valence-corrected chi connectivity index (χ3v) is 6.34. The van der Waals surface area contributed by atoms with Crippen molar-refractivity contribution in [3.05, 3.63) is 34.1 Å². The molecule has 0 saturated carbocycles. The molecule has 7 heteroatoms. The van der Waals surface area contributed by atoms with Gasteiger partial charge in [0.15, 0.2) is 0 Å². The predicted molar refractivity (Wildman–Crippen MR) is 111 cm³/mol. The van der Waals surface area contributed by atoms with Gasteiger partial charge in [-0.3, -0.25) is 4.79 Å². The summed E-state index contributed by atoms with van der Waals surface area (Å²) < 4.78 is 9.89. The van der Waals surface area contributed by atoms with Crippen LogP contribution in [0.5, 0.6) is 0 Å². The minimum Gasteiger partial charge on any atom is -0.465 e. The van der Waals surface area contributed by atoms with Gasteiger partial charge < -0.3 is 14.2 Å². The van der Waals surface area contributed by atoms with Crippen LogP contribution in [0.25, 0.3) is 31.4 Å². The quantitative estimate of drug-likeness (QED) is 0.356. The van der Waals surface area contributed by atoms with Gasteiger partial charge in [-0.05, 0) is 39.0 Å². The molecule has 3 aromatic heterocycles. The summed E-state index contributed by atoms with van der Waals surface area (Å²) in [5, 5.41) is 1.20. The number of rotatable bonds is 3. The van der Waals surface area contributed by atoms with E-state index in [1.165, 1.54) is 19.9 Å². The van der Waals surface area contributed by atoms with E-state index in [4.69, 9.17) is 11.3 Å². The maximum Gasteiger partial charge on any atom is 0.336 e. The molecule has 0 saturated heterocycles. The van der Waals surface area contributed by atoms with Crippen molar-refractivity contribution in [2.75, 3.05) is 19.0 Å². The second-order valence-corrected chi connectivity index (χ2v) is 9.37. The van der Waals surface area contributed by atoms with Crippen molar-refractivity contribution in [1.29, 1.82) is 0 Å². The zero-order valence-electron chi connectivity index (χ0n) is 15.7. The molecule has 0 spiro atoms. The number of hydrogen-bond acceptors (Lipinski definition) is 5. The number of thiophene rings is 2. The van der Waals surface area contributed by atoms with Crippen molar-refractivity contribution in [2.24, 2.45) is 7.05 Å². The van der Waals surface area contributed by atoms with E-state index >= 15 is 0 Å². The molecule has 0 atom stereocenters. The topological polar surface area (TPSA) is 38.8 Å². The average Bonchev–Trinajstić information content (AvgIpc) is 3.18. The molecule has 0 unspecified atom stereocenters. The van der Waals surface area contributed by atoms with Crippen molar-refractivity contribution in [3.63, 3.8) is 0 Å². The molecule has 3 heterocycles. The highest BCUT2D eigenvalue weighted by atomic mass is 32.1. The number of aromatic nitrogens is 1.